The van der Waals surface area contributed by atoms with E-state index in [9.17, 15) is 18.3 Å². The molecule has 1 atom stereocenters. The summed E-state index contributed by atoms with van der Waals surface area (Å²) < 4.78 is 37.1. The van der Waals surface area contributed by atoms with E-state index in [0.29, 0.717) is 22.8 Å². The third-order valence-electron chi connectivity index (χ3n) is 4.85. The average Bonchev–Trinajstić information content (AvgIpc) is 2.72. The van der Waals surface area contributed by atoms with Gasteiger partial charge in [0, 0.05) is 23.2 Å². The molecular weight excluding hydrogens is 430 g/mol. The van der Waals surface area contributed by atoms with Crippen LogP contribution in [0.2, 0.25) is 0 Å². The van der Waals surface area contributed by atoms with E-state index in [1.165, 1.54) is 44.3 Å². The van der Waals surface area contributed by atoms with Gasteiger partial charge < -0.3 is 14.6 Å². The quantitative estimate of drug-likeness (QED) is 0.701. The van der Waals surface area contributed by atoms with Crippen LogP contribution >= 0.6 is 11.8 Å². The number of nitrogens with zero attached hydrogens (tertiary/aromatic N) is 3. The number of carbonyl (C=O) groups is 1. The Labute approximate surface area is 179 Å². The smallest absolute Gasteiger partial charge is 0.323 e. The van der Waals surface area contributed by atoms with Gasteiger partial charge >= 0.3 is 12.0 Å². The first-order valence-electron chi connectivity index (χ1n) is 9.06. The Hall–Kier alpha value is -2.37. The van der Waals surface area contributed by atoms with Crippen LogP contribution in [0.15, 0.2) is 35.4 Å². The van der Waals surface area contributed by atoms with Crippen molar-refractivity contribution >= 4 is 27.8 Å². The molecule has 162 valence electrons. The molecule has 0 radical (unpaired) electrons. The molecule has 0 unspecified atom stereocenters. The molecule has 0 bridgehead atoms. The molecule has 1 saturated heterocycles. The fraction of sp³-hybridized carbons (Fsp3) is 0.421. The van der Waals surface area contributed by atoms with E-state index in [1.54, 1.807) is 26.0 Å². The summed E-state index contributed by atoms with van der Waals surface area (Å²) >= 11 is 1.45. The monoisotopic (exact) mass is 453 g/mol. The van der Waals surface area contributed by atoms with Gasteiger partial charge in [0.05, 0.1) is 24.7 Å². The van der Waals surface area contributed by atoms with Crippen molar-refractivity contribution in [1.82, 2.24) is 14.3 Å². The SMILES string of the molecule is COc1ncc(-c2ccc(S(=O)(=O)N3CCSC(C)(C)[C@@H]3C(=O)O)cc2)c(OC)n1. The number of carboxylic acid groups (broad SMARTS) is 1. The molecule has 0 spiro atoms. The number of rotatable bonds is 6. The number of sulfonamides is 1. The number of hydrogen-bond acceptors (Lipinski definition) is 8. The number of methoxy groups -OCH3 is 2. The lowest BCUT2D eigenvalue weighted by Crippen LogP contribution is -2.58. The highest BCUT2D eigenvalue weighted by atomic mass is 32.2. The first-order chi connectivity index (χ1) is 14.1. The minimum absolute atomic E-state index is 0.0218. The molecule has 3 rings (SSSR count). The first kappa shape index (κ1) is 22.3. The van der Waals surface area contributed by atoms with Gasteiger partial charge in [-0.2, -0.15) is 21.1 Å². The summed E-state index contributed by atoms with van der Waals surface area (Å²) in [6, 6.07) is 5.11. The van der Waals surface area contributed by atoms with Crippen LogP contribution in [0.25, 0.3) is 11.1 Å². The summed E-state index contributed by atoms with van der Waals surface area (Å²) in [6.45, 7) is 3.63. The first-order valence-corrected chi connectivity index (χ1v) is 11.5. The molecule has 2 aromatic rings. The molecule has 1 aromatic carbocycles. The third-order valence-corrected chi connectivity index (χ3v) is 8.08. The molecule has 9 nitrogen and oxygen atoms in total. The van der Waals surface area contributed by atoms with Crippen molar-refractivity contribution in [2.75, 3.05) is 26.5 Å². The zero-order valence-electron chi connectivity index (χ0n) is 17.0. The molecular formula is C19H23N3O6S2. The van der Waals surface area contributed by atoms with Crippen LogP contribution in [0.3, 0.4) is 0 Å². The van der Waals surface area contributed by atoms with E-state index in [-0.39, 0.29) is 17.5 Å². The van der Waals surface area contributed by atoms with Gasteiger partial charge in [-0.1, -0.05) is 12.1 Å². The maximum absolute atomic E-state index is 13.2. The van der Waals surface area contributed by atoms with Gasteiger partial charge in [0.15, 0.2) is 0 Å². The zero-order chi connectivity index (χ0) is 22.1. The van der Waals surface area contributed by atoms with E-state index in [4.69, 9.17) is 9.47 Å². The lowest BCUT2D eigenvalue weighted by Gasteiger charge is -2.42. The van der Waals surface area contributed by atoms with Gasteiger partial charge in [-0.3, -0.25) is 4.79 Å². The highest BCUT2D eigenvalue weighted by molar-refractivity contribution is 8.00. The highest BCUT2D eigenvalue weighted by Crippen LogP contribution is 2.38. The maximum Gasteiger partial charge on any atom is 0.323 e. The molecule has 1 N–H and O–H groups in total. The van der Waals surface area contributed by atoms with Crippen LogP contribution in [0.1, 0.15) is 13.8 Å². The van der Waals surface area contributed by atoms with E-state index < -0.39 is 26.8 Å². The molecule has 30 heavy (non-hydrogen) atoms. The summed E-state index contributed by atoms with van der Waals surface area (Å²) in [4.78, 5) is 20.1. The lowest BCUT2D eigenvalue weighted by molar-refractivity contribution is -0.142. The Kier molecular flexibility index (Phi) is 6.25. The van der Waals surface area contributed by atoms with Crippen molar-refractivity contribution in [3.05, 3.63) is 30.5 Å². The lowest BCUT2D eigenvalue weighted by atomic mass is 10.0. The predicted octanol–water partition coefficient (Wildman–Crippen LogP) is 2.13. The van der Waals surface area contributed by atoms with Crippen molar-refractivity contribution in [3.8, 4) is 23.0 Å². The zero-order valence-corrected chi connectivity index (χ0v) is 18.7. The number of aromatic nitrogens is 2. The highest BCUT2D eigenvalue weighted by Gasteiger charge is 2.48. The van der Waals surface area contributed by atoms with Gasteiger partial charge in [0.1, 0.15) is 6.04 Å². The summed E-state index contributed by atoms with van der Waals surface area (Å²) in [5.74, 6) is -0.347. The molecule has 0 saturated carbocycles. The Morgan fingerprint density at radius 2 is 1.90 bits per heavy atom. The maximum atomic E-state index is 13.2. The molecule has 1 fully saturated rings. The molecule has 11 heteroatoms. The summed E-state index contributed by atoms with van der Waals surface area (Å²) in [6.07, 6.45) is 1.53. The molecule has 0 amide bonds. The second kappa shape index (κ2) is 8.40. The second-order valence-corrected chi connectivity index (χ2v) is 10.8. The Bertz CT molecular complexity index is 1040. The summed E-state index contributed by atoms with van der Waals surface area (Å²) in [5, 5.41) is 9.69. The fourth-order valence-corrected chi connectivity index (χ4v) is 6.47. The normalized spacial score (nSPS) is 19.3. The van der Waals surface area contributed by atoms with Gasteiger partial charge in [0.2, 0.25) is 15.9 Å². The molecule has 1 aliphatic rings. The van der Waals surface area contributed by atoms with Crippen LogP contribution in [-0.4, -0.2) is 71.1 Å². The minimum Gasteiger partial charge on any atom is -0.480 e. The van der Waals surface area contributed by atoms with E-state index in [2.05, 4.69) is 9.97 Å². The Balaban J connectivity index is 1.97. The predicted molar refractivity (Wildman–Crippen MR) is 112 cm³/mol. The summed E-state index contributed by atoms with van der Waals surface area (Å²) in [7, 11) is -1.09. The summed E-state index contributed by atoms with van der Waals surface area (Å²) in [5.41, 5.74) is 1.22. The van der Waals surface area contributed by atoms with Crippen molar-refractivity contribution in [2.24, 2.45) is 0 Å². The van der Waals surface area contributed by atoms with Crippen LogP contribution in [-0.2, 0) is 14.8 Å². The fourth-order valence-electron chi connectivity index (χ4n) is 3.38. The molecule has 1 aromatic heterocycles. The van der Waals surface area contributed by atoms with Gasteiger partial charge in [-0.05, 0) is 31.5 Å². The number of hydrogen-bond donors (Lipinski definition) is 1. The van der Waals surface area contributed by atoms with Gasteiger partial charge in [-0.15, -0.1) is 0 Å². The van der Waals surface area contributed by atoms with Crippen molar-refractivity contribution < 1.29 is 27.8 Å². The standard InChI is InChI=1S/C19H23N3O6S2/c1-19(2)15(17(23)24)22(9-10-29-19)30(25,26)13-7-5-12(6-8-13)14-11-20-18(28-4)21-16(14)27-3/h5-8,11,15H,9-10H2,1-4H3,(H,23,24)/t15-/m0/s1. The van der Waals surface area contributed by atoms with Crippen LogP contribution in [0.5, 0.6) is 11.9 Å². The van der Waals surface area contributed by atoms with Crippen molar-refractivity contribution in [3.63, 3.8) is 0 Å². The number of thioether (sulfide) groups is 1. The van der Waals surface area contributed by atoms with Gasteiger partial charge in [-0.25, -0.2) is 13.4 Å². The second-order valence-electron chi connectivity index (χ2n) is 7.11. The van der Waals surface area contributed by atoms with E-state index in [0.717, 1.165) is 4.31 Å². The number of benzene rings is 1. The van der Waals surface area contributed by atoms with Crippen LogP contribution in [0, 0.1) is 0 Å². The number of carboxylic acids is 1. The topological polar surface area (TPSA) is 119 Å². The largest absolute Gasteiger partial charge is 0.480 e. The van der Waals surface area contributed by atoms with E-state index in [1.807, 2.05) is 0 Å². The molecule has 1 aliphatic heterocycles. The van der Waals surface area contributed by atoms with Crippen molar-refractivity contribution in [2.45, 2.75) is 29.5 Å². The van der Waals surface area contributed by atoms with Crippen LogP contribution < -0.4 is 9.47 Å². The van der Waals surface area contributed by atoms with Crippen molar-refractivity contribution in [1.29, 1.82) is 0 Å². The average molecular weight is 454 g/mol. The minimum atomic E-state index is -4.00. The van der Waals surface area contributed by atoms with Crippen LogP contribution in [0.4, 0.5) is 0 Å². The molecule has 2 heterocycles. The number of ether oxygens (including phenoxy) is 2. The Morgan fingerprint density at radius 1 is 1.23 bits per heavy atom. The third kappa shape index (κ3) is 4.09. The molecule has 0 aliphatic carbocycles. The Morgan fingerprint density at radius 3 is 2.47 bits per heavy atom. The number of aliphatic carboxylic acids is 1. The van der Waals surface area contributed by atoms with E-state index >= 15 is 0 Å². The van der Waals surface area contributed by atoms with Gasteiger partial charge in [0.25, 0.3) is 0 Å².